The maximum absolute atomic E-state index is 12.9. The summed E-state index contributed by atoms with van der Waals surface area (Å²) in [5, 5.41) is 21.9. The quantitative estimate of drug-likeness (QED) is 0.859. The van der Waals surface area contributed by atoms with Crippen LogP contribution in [0.4, 0.5) is 17.3 Å². The Bertz CT molecular complexity index is 889. The number of amides is 1. The van der Waals surface area contributed by atoms with Crippen molar-refractivity contribution in [2.24, 2.45) is 11.3 Å². The number of aromatic nitrogens is 2. The summed E-state index contributed by atoms with van der Waals surface area (Å²) in [5.74, 6) is 1.23. The second kappa shape index (κ2) is 6.39. The van der Waals surface area contributed by atoms with E-state index in [1.54, 1.807) is 41.4 Å². The lowest BCUT2D eigenvalue weighted by Gasteiger charge is -2.21. The van der Waals surface area contributed by atoms with Crippen LogP contribution in [0.2, 0.25) is 0 Å². The molecule has 1 aliphatic carbocycles. The molecule has 2 aromatic rings. The summed E-state index contributed by atoms with van der Waals surface area (Å²) in [6.07, 6.45) is 4.13. The van der Waals surface area contributed by atoms with Gasteiger partial charge in [0.25, 0.3) is 0 Å². The lowest BCUT2D eigenvalue weighted by Crippen LogP contribution is -2.35. The average Bonchev–Trinajstić information content (AvgIpc) is 3.46. The fourth-order valence-electron chi connectivity index (χ4n) is 3.56. The van der Waals surface area contributed by atoms with Gasteiger partial charge in [0.1, 0.15) is 17.1 Å². The maximum Gasteiger partial charge on any atom is 0.247 e. The number of carbonyl (C=O) groups excluding carboxylic acids is 1. The first kappa shape index (κ1) is 16.5. The van der Waals surface area contributed by atoms with Crippen molar-refractivity contribution in [1.82, 2.24) is 9.97 Å². The molecule has 0 unspecified atom stereocenters. The molecule has 2 N–H and O–H groups in total. The smallest absolute Gasteiger partial charge is 0.247 e. The van der Waals surface area contributed by atoms with Crippen LogP contribution in [0.25, 0.3) is 0 Å². The lowest BCUT2D eigenvalue weighted by molar-refractivity contribution is -0.123. The third-order valence-corrected chi connectivity index (χ3v) is 5.11. The van der Waals surface area contributed by atoms with Crippen molar-refractivity contribution in [1.29, 1.82) is 5.26 Å². The largest absolute Gasteiger partial charge is 0.390 e. The van der Waals surface area contributed by atoms with E-state index in [-0.39, 0.29) is 18.4 Å². The Morgan fingerprint density at radius 3 is 2.92 bits per heavy atom. The zero-order chi connectivity index (χ0) is 18.1. The number of nitrogens with zero attached hydrogens (tertiary/aromatic N) is 4. The van der Waals surface area contributed by atoms with Crippen LogP contribution >= 0.6 is 0 Å². The minimum absolute atomic E-state index is 0.0972. The normalized spacial score (nSPS) is 22.3. The maximum atomic E-state index is 12.9. The predicted octanol–water partition coefficient (Wildman–Crippen LogP) is 2.37. The highest BCUT2D eigenvalue weighted by molar-refractivity contribution is 6.02. The summed E-state index contributed by atoms with van der Waals surface area (Å²) < 4.78 is 0. The van der Waals surface area contributed by atoms with Crippen LogP contribution in [-0.2, 0) is 11.4 Å². The van der Waals surface area contributed by atoms with Gasteiger partial charge in [0.15, 0.2) is 0 Å². The molecule has 4 rings (SSSR count). The minimum atomic E-state index is -0.853. The predicted molar refractivity (Wildman–Crippen MR) is 95.4 cm³/mol. The number of carbonyl (C=O) groups is 1. The molecule has 0 radical (unpaired) electrons. The zero-order valence-electron chi connectivity index (χ0n) is 14.2. The first-order valence-electron chi connectivity index (χ1n) is 8.69. The first-order valence-corrected chi connectivity index (χ1v) is 8.69. The van der Waals surface area contributed by atoms with Crippen molar-refractivity contribution in [3.8, 4) is 6.07 Å². The summed E-state index contributed by atoms with van der Waals surface area (Å²) in [5.41, 5.74) is 0.432. The van der Waals surface area contributed by atoms with Gasteiger partial charge in [0.2, 0.25) is 5.91 Å². The van der Waals surface area contributed by atoms with Gasteiger partial charge in [-0.3, -0.25) is 4.79 Å². The molecule has 1 atom stereocenters. The molecule has 7 heteroatoms. The van der Waals surface area contributed by atoms with Crippen LogP contribution in [0.5, 0.6) is 0 Å². The standard InChI is InChI=1S/C19H19N5O2/c20-12-19(13-4-5-13)7-9-24(18(19)26)15-6-8-21-17(10-15)23-16-3-1-2-14(11-25)22-16/h1-3,6,8,10,13,25H,4-5,7,9,11H2,(H,21,22,23)/t19-/m1/s1. The van der Waals surface area contributed by atoms with Crippen LogP contribution in [0.3, 0.4) is 0 Å². The molecule has 1 amide bonds. The van der Waals surface area contributed by atoms with E-state index in [1.807, 2.05) is 0 Å². The second-order valence-corrected chi connectivity index (χ2v) is 6.76. The van der Waals surface area contributed by atoms with E-state index >= 15 is 0 Å². The van der Waals surface area contributed by atoms with E-state index in [2.05, 4.69) is 21.4 Å². The highest BCUT2D eigenvalue weighted by Gasteiger charge is 2.56. The van der Waals surface area contributed by atoms with E-state index in [1.165, 1.54) is 0 Å². The van der Waals surface area contributed by atoms with Crippen molar-refractivity contribution in [3.63, 3.8) is 0 Å². The van der Waals surface area contributed by atoms with Crippen LogP contribution in [0.1, 0.15) is 25.0 Å². The number of anilines is 3. The number of nitrogens with one attached hydrogen (secondary N) is 1. The number of nitriles is 1. The molecule has 0 bridgehead atoms. The van der Waals surface area contributed by atoms with Gasteiger partial charge in [-0.25, -0.2) is 9.97 Å². The zero-order valence-corrected chi connectivity index (χ0v) is 14.2. The summed E-state index contributed by atoms with van der Waals surface area (Å²) in [6.45, 7) is 0.410. The Labute approximate surface area is 151 Å². The third kappa shape index (κ3) is 2.78. The molecule has 132 valence electrons. The van der Waals surface area contributed by atoms with Gasteiger partial charge in [0.05, 0.1) is 18.4 Å². The fraction of sp³-hybridized carbons (Fsp3) is 0.368. The Morgan fingerprint density at radius 1 is 1.35 bits per heavy atom. The van der Waals surface area contributed by atoms with Crippen molar-refractivity contribution < 1.29 is 9.90 Å². The summed E-state index contributed by atoms with van der Waals surface area (Å²) in [6, 6.07) is 11.2. The van der Waals surface area contributed by atoms with Gasteiger partial charge in [-0.2, -0.15) is 5.26 Å². The van der Waals surface area contributed by atoms with Gasteiger partial charge in [-0.15, -0.1) is 0 Å². The molecule has 1 saturated heterocycles. The summed E-state index contributed by atoms with van der Waals surface area (Å²) >= 11 is 0. The monoisotopic (exact) mass is 349 g/mol. The van der Waals surface area contributed by atoms with E-state index in [4.69, 9.17) is 0 Å². The number of hydrogen-bond acceptors (Lipinski definition) is 6. The topological polar surface area (TPSA) is 102 Å². The minimum Gasteiger partial charge on any atom is -0.390 e. The number of rotatable bonds is 5. The molecule has 2 fully saturated rings. The highest BCUT2D eigenvalue weighted by Crippen LogP contribution is 2.51. The number of aliphatic hydroxyl groups excluding tert-OH is 1. The summed E-state index contributed by atoms with van der Waals surface area (Å²) in [4.78, 5) is 23.1. The molecule has 3 heterocycles. The molecule has 0 aromatic carbocycles. The first-order chi connectivity index (χ1) is 12.7. The Kier molecular flexibility index (Phi) is 4.05. The van der Waals surface area contributed by atoms with Gasteiger partial charge >= 0.3 is 0 Å². The molecule has 7 nitrogen and oxygen atoms in total. The van der Waals surface area contributed by atoms with Crippen molar-refractivity contribution in [2.75, 3.05) is 16.8 Å². The molecule has 2 aliphatic rings. The Hall–Kier alpha value is -2.98. The van der Waals surface area contributed by atoms with Crippen molar-refractivity contribution in [3.05, 3.63) is 42.2 Å². The van der Waals surface area contributed by atoms with E-state index in [0.29, 0.717) is 30.3 Å². The molecular formula is C19H19N5O2. The summed E-state index contributed by atoms with van der Waals surface area (Å²) in [7, 11) is 0. The number of hydrogen-bond donors (Lipinski definition) is 2. The molecular weight excluding hydrogens is 330 g/mol. The van der Waals surface area contributed by atoms with Crippen molar-refractivity contribution >= 4 is 23.2 Å². The van der Waals surface area contributed by atoms with Crippen molar-refractivity contribution in [2.45, 2.75) is 25.9 Å². The van der Waals surface area contributed by atoms with Gasteiger partial charge in [0, 0.05) is 24.5 Å². The molecule has 1 saturated carbocycles. The van der Waals surface area contributed by atoms with Crippen LogP contribution in [0, 0.1) is 22.7 Å². The fourth-order valence-corrected chi connectivity index (χ4v) is 3.56. The second-order valence-electron chi connectivity index (χ2n) is 6.76. The third-order valence-electron chi connectivity index (χ3n) is 5.11. The van der Waals surface area contributed by atoms with Crippen LogP contribution in [-0.4, -0.2) is 27.5 Å². The van der Waals surface area contributed by atoms with E-state index in [9.17, 15) is 15.2 Å². The Morgan fingerprint density at radius 2 is 2.19 bits per heavy atom. The molecule has 1 aliphatic heterocycles. The Balaban J connectivity index is 1.56. The van der Waals surface area contributed by atoms with Crippen LogP contribution < -0.4 is 10.2 Å². The number of aliphatic hydroxyl groups is 1. The van der Waals surface area contributed by atoms with Crippen LogP contribution in [0.15, 0.2) is 36.5 Å². The molecule has 2 aromatic heterocycles. The number of pyridine rings is 2. The highest BCUT2D eigenvalue weighted by atomic mass is 16.3. The average molecular weight is 349 g/mol. The van der Waals surface area contributed by atoms with E-state index in [0.717, 1.165) is 18.5 Å². The molecule has 0 spiro atoms. The van der Waals surface area contributed by atoms with Gasteiger partial charge in [-0.05, 0) is 43.4 Å². The molecule has 26 heavy (non-hydrogen) atoms. The lowest BCUT2D eigenvalue weighted by atomic mass is 9.83. The SMILES string of the molecule is N#C[C@@]1(C2CC2)CCN(c2ccnc(Nc3cccc(CO)n3)c2)C1=O. The van der Waals surface area contributed by atoms with Gasteiger partial charge in [-0.1, -0.05) is 6.07 Å². The van der Waals surface area contributed by atoms with E-state index < -0.39 is 5.41 Å². The van der Waals surface area contributed by atoms with Gasteiger partial charge < -0.3 is 15.3 Å².